The van der Waals surface area contributed by atoms with Gasteiger partial charge in [-0.05, 0) is 23.7 Å². The molecule has 2 rings (SSSR count). The molecule has 3 amide bonds. The zero-order valence-electron chi connectivity index (χ0n) is 14.1. The third-order valence-corrected chi connectivity index (χ3v) is 4.12. The molecule has 0 atom stereocenters. The number of anilines is 1. The molecule has 0 aliphatic rings. The molecule has 142 valence electrons. The lowest BCUT2D eigenvalue weighted by molar-refractivity contribution is -0.384. The van der Waals surface area contributed by atoms with Crippen molar-refractivity contribution in [2.45, 2.75) is 6.42 Å². The highest BCUT2D eigenvalue weighted by Gasteiger charge is 2.22. The molecule has 0 fully saturated rings. The summed E-state index contributed by atoms with van der Waals surface area (Å²) in [4.78, 5) is 44.9. The molecule has 0 aliphatic heterocycles. The van der Waals surface area contributed by atoms with Crippen molar-refractivity contribution < 1.29 is 24.0 Å². The molecule has 0 unspecified atom stereocenters. The zero-order chi connectivity index (χ0) is 20.0. The Hall–Kier alpha value is -3.54. The first-order chi connectivity index (χ1) is 12.8. The molecule has 1 aromatic heterocycles. The monoisotopic (exact) mass is 393 g/mol. The van der Waals surface area contributed by atoms with Gasteiger partial charge in [0.1, 0.15) is 10.6 Å². The average Bonchev–Trinajstić information content (AvgIpc) is 3.05. The normalized spacial score (nSPS) is 10.1. The highest BCUT2D eigenvalue weighted by atomic mass is 32.1. The van der Waals surface area contributed by atoms with Gasteiger partial charge in [0.25, 0.3) is 11.6 Å². The molecule has 12 heteroatoms. The van der Waals surface area contributed by atoms with Crippen LogP contribution in [-0.2, 0) is 9.53 Å². The lowest BCUT2D eigenvalue weighted by atomic mass is 10.1. The van der Waals surface area contributed by atoms with Crippen LogP contribution in [0.2, 0.25) is 0 Å². The van der Waals surface area contributed by atoms with Crippen LogP contribution in [0.3, 0.4) is 0 Å². The number of nitrogens with one attached hydrogen (secondary N) is 2. The number of methoxy groups -OCH3 is 1. The molecule has 1 aromatic carbocycles. The van der Waals surface area contributed by atoms with Crippen molar-refractivity contribution >= 4 is 40.1 Å². The molecule has 11 nitrogen and oxygen atoms in total. The standard InChI is InChI=1S/C15H15N5O6S/c1-26-10(21)6-7-17-15(23)18-14-11(13(16)22)12(19-27-14)8-2-4-9(5-3-8)20(24)25/h2-5H,6-7H2,1H3,(H2,16,22)(H2,17,18,23). The van der Waals surface area contributed by atoms with E-state index in [9.17, 15) is 24.5 Å². The van der Waals surface area contributed by atoms with Gasteiger partial charge < -0.3 is 15.8 Å². The predicted molar refractivity (Wildman–Crippen MR) is 96.4 cm³/mol. The van der Waals surface area contributed by atoms with E-state index >= 15 is 0 Å². The van der Waals surface area contributed by atoms with Crippen molar-refractivity contribution in [1.29, 1.82) is 0 Å². The van der Waals surface area contributed by atoms with Crippen molar-refractivity contribution in [3.05, 3.63) is 39.9 Å². The van der Waals surface area contributed by atoms with Crippen LogP contribution in [0.15, 0.2) is 24.3 Å². The van der Waals surface area contributed by atoms with E-state index < -0.39 is 22.8 Å². The van der Waals surface area contributed by atoms with Gasteiger partial charge in [-0.15, -0.1) is 0 Å². The van der Waals surface area contributed by atoms with E-state index in [1.807, 2.05) is 0 Å². The maximum Gasteiger partial charge on any atom is 0.319 e. The number of primary amides is 1. The van der Waals surface area contributed by atoms with E-state index in [1.165, 1.54) is 31.4 Å². The number of rotatable bonds is 7. The van der Waals surface area contributed by atoms with Crippen molar-refractivity contribution in [3.63, 3.8) is 0 Å². The summed E-state index contributed by atoms with van der Waals surface area (Å²) in [6.07, 6.45) is -0.0106. The van der Waals surface area contributed by atoms with E-state index in [0.717, 1.165) is 11.5 Å². The Morgan fingerprint density at radius 3 is 2.52 bits per heavy atom. The summed E-state index contributed by atoms with van der Waals surface area (Å²) in [6, 6.07) is 4.75. The topological polar surface area (TPSA) is 167 Å². The first-order valence-corrected chi connectivity index (χ1v) is 8.26. The summed E-state index contributed by atoms with van der Waals surface area (Å²) in [7, 11) is 1.23. The minimum absolute atomic E-state index is 0.0106. The van der Waals surface area contributed by atoms with Crippen LogP contribution in [-0.4, -0.2) is 40.9 Å². The molecule has 0 saturated carbocycles. The Bertz CT molecular complexity index is 879. The summed E-state index contributed by atoms with van der Waals surface area (Å²) in [5.41, 5.74) is 5.90. The molecule has 4 N–H and O–H groups in total. The molecule has 0 bridgehead atoms. The second-order valence-electron chi connectivity index (χ2n) is 5.11. The smallest absolute Gasteiger partial charge is 0.319 e. The van der Waals surface area contributed by atoms with Gasteiger partial charge in [0, 0.05) is 24.2 Å². The Kier molecular flexibility index (Phi) is 6.38. The number of esters is 1. The number of nitrogens with two attached hydrogens (primary N) is 1. The second-order valence-corrected chi connectivity index (χ2v) is 5.88. The van der Waals surface area contributed by atoms with E-state index in [1.54, 1.807) is 0 Å². The number of ether oxygens (including phenoxy) is 1. The van der Waals surface area contributed by atoms with Gasteiger partial charge in [-0.2, -0.15) is 4.37 Å². The fourth-order valence-corrected chi connectivity index (χ4v) is 2.88. The van der Waals surface area contributed by atoms with Crippen LogP contribution < -0.4 is 16.4 Å². The number of aromatic nitrogens is 1. The summed E-state index contributed by atoms with van der Waals surface area (Å²) in [5, 5.41) is 15.7. The van der Waals surface area contributed by atoms with Crippen molar-refractivity contribution in [2.24, 2.45) is 5.73 Å². The molecule has 1 heterocycles. The first kappa shape index (κ1) is 19.8. The number of nitro groups is 1. The summed E-state index contributed by atoms with van der Waals surface area (Å²) >= 11 is 0.834. The van der Waals surface area contributed by atoms with Gasteiger partial charge >= 0.3 is 12.0 Å². The minimum atomic E-state index is -0.818. The van der Waals surface area contributed by atoms with E-state index in [0.29, 0.717) is 5.56 Å². The van der Waals surface area contributed by atoms with E-state index in [-0.39, 0.29) is 34.9 Å². The molecule has 0 saturated heterocycles. The van der Waals surface area contributed by atoms with Crippen molar-refractivity contribution in [2.75, 3.05) is 19.0 Å². The molecule has 27 heavy (non-hydrogen) atoms. The third-order valence-electron chi connectivity index (χ3n) is 3.36. The van der Waals surface area contributed by atoms with Crippen LogP contribution in [0.1, 0.15) is 16.8 Å². The van der Waals surface area contributed by atoms with E-state index in [4.69, 9.17) is 5.73 Å². The minimum Gasteiger partial charge on any atom is -0.469 e. The van der Waals surface area contributed by atoms with Crippen molar-refractivity contribution in [1.82, 2.24) is 9.69 Å². The van der Waals surface area contributed by atoms with Gasteiger partial charge in [0.05, 0.1) is 24.1 Å². The molecular weight excluding hydrogens is 378 g/mol. The number of urea groups is 1. The number of carbonyl (C=O) groups is 3. The number of amides is 3. The Labute approximate surface area is 156 Å². The Morgan fingerprint density at radius 1 is 1.30 bits per heavy atom. The van der Waals surface area contributed by atoms with Gasteiger partial charge in [0.15, 0.2) is 0 Å². The maximum atomic E-state index is 11.9. The molecule has 0 radical (unpaired) electrons. The average molecular weight is 393 g/mol. The first-order valence-electron chi connectivity index (χ1n) is 7.49. The van der Waals surface area contributed by atoms with Gasteiger partial charge in [-0.1, -0.05) is 0 Å². The maximum absolute atomic E-state index is 11.9. The number of nitrogens with zero attached hydrogens (tertiary/aromatic N) is 2. The molecule has 0 aliphatic carbocycles. The number of hydrogen-bond donors (Lipinski definition) is 3. The van der Waals surface area contributed by atoms with Crippen molar-refractivity contribution in [3.8, 4) is 11.3 Å². The summed E-state index contributed by atoms with van der Waals surface area (Å²) in [6.45, 7) is 0.0401. The van der Waals surface area contributed by atoms with Crippen LogP contribution in [0.4, 0.5) is 15.5 Å². The fraction of sp³-hybridized carbons (Fsp3) is 0.200. The zero-order valence-corrected chi connectivity index (χ0v) is 14.9. The van der Waals surface area contributed by atoms with Gasteiger partial charge in [-0.25, -0.2) is 4.79 Å². The second kappa shape index (κ2) is 8.71. The lowest BCUT2D eigenvalue weighted by Gasteiger charge is -2.07. The third kappa shape index (κ3) is 4.98. The van der Waals surface area contributed by atoms with Crippen LogP contribution >= 0.6 is 11.5 Å². The molecular formula is C15H15N5O6S. The van der Waals surface area contributed by atoms with Crippen LogP contribution in [0.5, 0.6) is 0 Å². The highest BCUT2D eigenvalue weighted by Crippen LogP contribution is 2.32. The largest absolute Gasteiger partial charge is 0.469 e. The SMILES string of the molecule is COC(=O)CCNC(=O)Nc1snc(-c2ccc([N+](=O)[O-])cc2)c1C(N)=O. The Morgan fingerprint density at radius 2 is 1.96 bits per heavy atom. The number of carbonyl (C=O) groups excluding carboxylic acids is 3. The summed E-state index contributed by atoms with van der Waals surface area (Å²) in [5.74, 6) is -1.30. The quantitative estimate of drug-likeness (QED) is 0.364. The number of nitro benzene ring substituents is 1. The predicted octanol–water partition coefficient (Wildman–Crippen LogP) is 1.50. The van der Waals surface area contributed by atoms with Crippen LogP contribution in [0, 0.1) is 10.1 Å². The number of hydrogen-bond acceptors (Lipinski definition) is 8. The van der Waals surface area contributed by atoms with Gasteiger partial charge in [0.2, 0.25) is 0 Å². The lowest BCUT2D eigenvalue weighted by Crippen LogP contribution is -2.31. The van der Waals surface area contributed by atoms with E-state index in [2.05, 4.69) is 19.7 Å². The van der Waals surface area contributed by atoms with Crippen LogP contribution in [0.25, 0.3) is 11.3 Å². The fourth-order valence-electron chi connectivity index (χ4n) is 2.07. The summed E-state index contributed by atoms with van der Waals surface area (Å²) < 4.78 is 8.57. The number of non-ortho nitro benzene ring substituents is 1. The molecule has 2 aromatic rings. The Balaban J connectivity index is 2.17. The highest BCUT2D eigenvalue weighted by molar-refractivity contribution is 7.11. The number of benzene rings is 1. The molecule has 0 spiro atoms. The van der Waals surface area contributed by atoms with Gasteiger partial charge in [-0.3, -0.25) is 25.0 Å².